The van der Waals surface area contributed by atoms with E-state index in [2.05, 4.69) is 31.0 Å². The van der Waals surface area contributed by atoms with Gasteiger partial charge in [0.05, 0.1) is 10.6 Å². The predicted octanol–water partition coefficient (Wildman–Crippen LogP) is 4.92. The van der Waals surface area contributed by atoms with Gasteiger partial charge in [0, 0.05) is 15.2 Å². The van der Waals surface area contributed by atoms with Gasteiger partial charge in [0.1, 0.15) is 4.88 Å². The summed E-state index contributed by atoms with van der Waals surface area (Å²) < 4.78 is 28.1. The number of hydrogen-bond donors (Lipinski definition) is 2. The quantitative estimate of drug-likeness (QED) is 0.536. The molecule has 140 valence electrons. The van der Waals surface area contributed by atoms with Crippen molar-refractivity contribution in [3.63, 3.8) is 0 Å². The van der Waals surface area contributed by atoms with E-state index in [-0.39, 0.29) is 15.9 Å². The maximum absolute atomic E-state index is 12.5. The number of carbonyl (C=O) groups is 1. The van der Waals surface area contributed by atoms with Crippen molar-refractivity contribution in [2.24, 2.45) is 0 Å². The topological polar surface area (TPSA) is 88.2 Å². The number of anilines is 2. The first kappa shape index (κ1) is 19.8. The molecule has 27 heavy (non-hydrogen) atoms. The molecule has 0 bridgehead atoms. The van der Waals surface area contributed by atoms with Crippen molar-refractivity contribution in [2.45, 2.75) is 11.8 Å². The van der Waals surface area contributed by atoms with Crippen LogP contribution in [0.1, 0.15) is 15.4 Å². The third-order valence-electron chi connectivity index (χ3n) is 3.43. The number of thiazole rings is 1. The van der Waals surface area contributed by atoms with Crippen LogP contribution in [0.15, 0.2) is 57.9 Å². The third-order valence-corrected chi connectivity index (χ3v) is 6.73. The van der Waals surface area contributed by atoms with Crippen molar-refractivity contribution < 1.29 is 13.2 Å². The van der Waals surface area contributed by atoms with Crippen LogP contribution in [0.3, 0.4) is 0 Å². The van der Waals surface area contributed by atoms with Crippen molar-refractivity contribution >= 4 is 65.6 Å². The molecule has 3 aromatic rings. The zero-order valence-electron chi connectivity index (χ0n) is 13.9. The number of benzene rings is 2. The van der Waals surface area contributed by atoms with E-state index < -0.39 is 10.0 Å². The van der Waals surface area contributed by atoms with Gasteiger partial charge in [-0.15, -0.1) is 0 Å². The molecule has 0 fully saturated rings. The van der Waals surface area contributed by atoms with E-state index in [0.29, 0.717) is 21.3 Å². The first-order valence-electron chi connectivity index (χ1n) is 7.57. The van der Waals surface area contributed by atoms with Gasteiger partial charge in [0.2, 0.25) is 0 Å². The normalized spacial score (nSPS) is 11.2. The number of nitrogens with zero attached hydrogens (tertiary/aromatic N) is 1. The maximum Gasteiger partial charge on any atom is 0.267 e. The SMILES string of the molecule is Cc1nc(NS(=O)(=O)c2ccc(Cl)cc2)sc1C(=O)Nc1cccc(Br)c1. The Balaban J connectivity index is 1.79. The van der Waals surface area contributed by atoms with Crippen LogP contribution in [0, 0.1) is 6.92 Å². The van der Waals surface area contributed by atoms with Gasteiger partial charge in [0.25, 0.3) is 15.9 Å². The maximum atomic E-state index is 12.5. The Morgan fingerprint density at radius 2 is 1.89 bits per heavy atom. The molecule has 0 atom stereocenters. The molecule has 0 aliphatic rings. The third kappa shape index (κ3) is 4.86. The number of amides is 1. The van der Waals surface area contributed by atoms with Crippen molar-refractivity contribution in [3.8, 4) is 0 Å². The summed E-state index contributed by atoms with van der Waals surface area (Å²) in [5.74, 6) is -0.361. The van der Waals surface area contributed by atoms with Crippen LogP contribution in [0.4, 0.5) is 10.8 Å². The molecule has 2 aromatic carbocycles. The van der Waals surface area contributed by atoms with Crippen LogP contribution < -0.4 is 10.0 Å². The summed E-state index contributed by atoms with van der Waals surface area (Å²) in [5.41, 5.74) is 1.05. The second-order valence-corrected chi connectivity index (χ2v) is 9.49. The fourth-order valence-corrected chi connectivity index (χ4v) is 4.81. The molecule has 0 aliphatic heterocycles. The summed E-state index contributed by atoms with van der Waals surface area (Å²) in [4.78, 5) is 17.0. The summed E-state index contributed by atoms with van der Waals surface area (Å²) in [6.07, 6.45) is 0. The van der Waals surface area contributed by atoms with Crippen LogP contribution in [0.25, 0.3) is 0 Å². The molecule has 0 saturated carbocycles. The van der Waals surface area contributed by atoms with E-state index >= 15 is 0 Å². The summed E-state index contributed by atoms with van der Waals surface area (Å²) in [6.45, 7) is 1.65. The van der Waals surface area contributed by atoms with Crippen molar-refractivity contribution in [3.05, 3.63) is 68.6 Å². The minimum atomic E-state index is -3.82. The second kappa shape index (κ2) is 7.97. The predicted molar refractivity (Wildman–Crippen MR) is 111 cm³/mol. The van der Waals surface area contributed by atoms with Gasteiger partial charge >= 0.3 is 0 Å². The van der Waals surface area contributed by atoms with Crippen molar-refractivity contribution in [1.82, 2.24) is 4.98 Å². The molecule has 6 nitrogen and oxygen atoms in total. The van der Waals surface area contributed by atoms with E-state index in [0.717, 1.165) is 15.8 Å². The first-order valence-corrected chi connectivity index (χ1v) is 11.0. The standard InChI is InChI=1S/C17H13BrClN3O3S2/c1-10-15(16(23)21-13-4-2-3-11(18)9-13)26-17(20-10)22-27(24,25)14-7-5-12(19)6-8-14/h2-9H,1H3,(H,20,22)(H,21,23). The number of rotatable bonds is 5. The Labute approximate surface area is 173 Å². The molecule has 2 N–H and O–H groups in total. The fraction of sp³-hybridized carbons (Fsp3) is 0.0588. The fourth-order valence-electron chi connectivity index (χ4n) is 2.19. The Morgan fingerprint density at radius 1 is 1.19 bits per heavy atom. The molecule has 0 spiro atoms. The Morgan fingerprint density at radius 3 is 2.56 bits per heavy atom. The molecular formula is C17H13BrClN3O3S2. The van der Waals surface area contributed by atoms with E-state index in [9.17, 15) is 13.2 Å². The smallest absolute Gasteiger partial charge is 0.267 e. The molecule has 0 radical (unpaired) electrons. The van der Waals surface area contributed by atoms with Crippen LogP contribution in [-0.2, 0) is 10.0 Å². The summed E-state index contributed by atoms with van der Waals surface area (Å²) in [6, 6.07) is 12.9. The largest absolute Gasteiger partial charge is 0.321 e. The highest BCUT2D eigenvalue weighted by Gasteiger charge is 2.20. The highest BCUT2D eigenvalue weighted by molar-refractivity contribution is 9.10. The molecule has 1 aromatic heterocycles. The van der Waals surface area contributed by atoms with Gasteiger partial charge in [-0.2, -0.15) is 0 Å². The zero-order chi connectivity index (χ0) is 19.6. The highest BCUT2D eigenvalue weighted by atomic mass is 79.9. The summed E-state index contributed by atoms with van der Waals surface area (Å²) in [5, 5.41) is 3.31. The Bertz CT molecular complexity index is 1100. The minimum absolute atomic E-state index is 0.0555. The second-order valence-electron chi connectivity index (χ2n) is 5.46. The van der Waals surface area contributed by atoms with Crippen molar-refractivity contribution in [1.29, 1.82) is 0 Å². The number of nitrogens with one attached hydrogen (secondary N) is 2. The van der Waals surface area contributed by atoms with E-state index in [1.54, 1.807) is 25.1 Å². The molecule has 0 unspecified atom stereocenters. The monoisotopic (exact) mass is 485 g/mol. The molecule has 0 aliphatic carbocycles. The number of aryl methyl sites for hydroxylation is 1. The Hall–Kier alpha value is -1.94. The van der Waals surface area contributed by atoms with E-state index in [1.807, 2.05) is 6.07 Å². The molecular weight excluding hydrogens is 474 g/mol. The van der Waals surface area contributed by atoms with Crippen LogP contribution in [0.5, 0.6) is 0 Å². The lowest BCUT2D eigenvalue weighted by molar-refractivity contribution is 0.103. The number of hydrogen-bond acceptors (Lipinski definition) is 5. The van der Waals surface area contributed by atoms with Gasteiger partial charge < -0.3 is 5.32 Å². The average molecular weight is 487 g/mol. The molecule has 3 rings (SSSR count). The van der Waals surface area contributed by atoms with E-state index in [4.69, 9.17) is 11.6 Å². The van der Waals surface area contributed by atoms with Crippen LogP contribution >= 0.6 is 38.9 Å². The van der Waals surface area contributed by atoms with Gasteiger partial charge in [0.15, 0.2) is 5.13 Å². The number of sulfonamides is 1. The van der Waals surface area contributed by atoms with Gasteiger partial charge in [-0.05, 0) is 49.4 Å². The summed E-state index contributed by atoms with van der Waals surface area (Å²) in [7, 11) is -3.82. The lowest BCUT2D eigenvalue weighted by Gasteiger charge is -2.05. The van der Waals surface area contributed by atoms with Crippen molar-refractivity contribution in [2.75, 3.05) is 10.0 Å². The average Bonchev–Trinajstić information content (AvgIpc) is 2.95. The molecule has 10 heteroatoms. The highest BCUT2D eigenvalue weighted by Crippen LogP contribution is 2.27. The lowest BCUT2D eigenvalue weighted by Crippen LogP contribution is -2.12. The number of aromatic nitrogens is 1. The van der Waals surface area contributed by atoms with Gasteiger partial charge in [-0.25, -0.2) is 13.4 Å². The van der Waals surface area contributed by atoms with Crippen LogP contribution in [-0.4, -0.2) is 19.3 Å². The Kier molecular flexibility index (Phi) is 5.85. The van der Waals surface area contributed by atoms with Gasteiger partial charge in [-0.1, -0.05) is 44.9 Å². The zero-order valence-corrected chi connectivity index (χ0v) is 17.8. The summed E-state index contributed by atoms with van der Waals surface area (Å²) >= 11 is 10.1. The lowest BCUT2D eigenvalue weighted by atomic mass is 10.3. The molecule has 0 saturated heterocycles. The number of carbonyl (C=O) groups excluding carboxylic acids is 1. The first-order chi connectivity index (χ1) is 12.7. The molecule has 1 amide bonds. The number of halogens is 2. The van der Waals surface area contributed by atoms with E-state index in [1.165, 1.54) is 24.3 Å². The molecule has 1 heterocycles. The van der Waals surface area contributed by atoms with Crippen LogP contribution in [0.2, 0.25) is 5.02 Å². The minimum Gasteiger partial charge on any atom is -0.321 e. The van der Waals surface area contributed by atoms with Gasteiger partial charge in [-0.3, -0.25) is 9.52 Å².